The van der Waals surface area contributed by atoms with Crippen LogP contribution in [-0.4, -0.2) is 37.0 Å². The maximum Gasteiger partial charge on any atom is 0.0679 e. The summed E-state index contributed by atoms with van der Waals surface area (Å²) in [6.45, 7) is 2.73. The molecular formula is C10H19NO2. The van der Waals surface area contributed by atoms with Crippen LogP contribution in [0.3, 0.4) is 0 Å². The molecule has 0 radical (unpaired) electrons. The third kappa shape index (κ3) is 1.73. The highest BCUT2D eigenvalue weighted by molar-refractivity contribution is 4.98. The Morgan fingerprint density at radius 2 is 2.23 bits per heavy atom. The van der Waals surface area contributed by atoms with Crippen molar-refractivity contribution in [3.05, 3.63) is 0 Å². The molecule has 2 fully saturated rings. The van der Waals surface area contributed by atoms with E-state index in [1.165, 1.54) is 19.3 Å². The quantitative estimate of drug-likeness (QED) is 0.659. The summed E-state index contributed by atoms with van der Waals surface area (Å²) in [5.41, 5.74) is -0.116. The zero-order chi connectivity index (χ0) is 9.15. The van der Waals surface area contributed by atoms with Crippen LogP contribution >= 0.6 is 0 Å². The van der Waals surface area contributed by atoms with E-state index in [-0.39, 0.29) is 12.1 Å². The van der Waals surface area contributed by atoms with Crippen molar-refractivity contribution in [1.82, 2.24) is 5.32 Å². The van der Waals surface area contributed by atoms with Gasteiger partial charge in [0.05, 0.1) is 18.8 Å². The molecule has 2 aliphatic rings. The number of aliphatic hydroxyl groups excluding tert-OH is 1. The first-order valence-corrected chi connectivity index (χ1v) is 5.31. The van der Waals surface area contributed by atoms with Gasteiger partial charge in [-0.25, -0.2) is 0 Å². The number of hydrogen-bond acceptors (Lipinski definition) is 3. The van der Waals surface area contributed by atoms with E-state index >= 15 is 0 Å². The van der Waals surface area contributed by atoms with E-state index in [1.54, 1.807) is 0 Å². The van der Waals surface area contributed by atoms with Crippen molar-refractivity contribution < 1.29 is 9.84 Å². The second kappa shape index (κ2) is 3.95. The molecule has 3 heteroatoms. The fourth-order valence-electron chi connectivity index (χ4n) is 2.27. The van der Waals surface area contributed by atoms with Gasteiger partial charge in [0.1, 0.15) is 0 Å². The highest BCUT2D eigenvalue weighted by Gasteiger charge is 2.41. The van der Waals surface area contributed by atoms with Gasteiger partial charge in [-0.1, -0.05) is 6.42 Å². The molecule has 1 unspecified atom stereocenters. The molecule has 2 N–H and O–H groups in total. The monoisotopic (exact) mass is 185 g/mol. The molecule has 0 aromatic heterocycles. The summed E-state index contributed by atoms with van der Waals surface area (Å²) in [4.78, 5) is 0. The Labute approximate surface area is 79.5 Å². The van der Waals surface area contributed by atoms with E-state index < -0.39 is 0 Å². The SMILES string of the molecule is OCC1(C2CCC2)COCCCN1. The van der Waals surface area contributed by atoms with Crippen molar-refractivity contribution >= 4 is 0 Å². The van der Waals surface area contributed by atoms with E-state index in [1.807, 2.05) is 0 Å². The minimum absolute atomic E-state index is 0.116. The second-order valence-electron chi connectivity index (χ2n) is 4.27. The maximum absolute atomic E-state index is 9.46. The van der Waals surface area contributed by atoms with Crippen LogP contribution in [0.5, 0.6) is 0 Å². The molecule has 0 amide bonds. The lowest BCUT2D eigenvalue weighted by Crippen LogP contribution is -2.58. The first kappa shape index (κ1) is 9.44. The molecule has 1 atom stereocenters. The lowest BCUT2D eigenvalue weighted by atomic mass is 9.71. The molecule has 0 aromatic carbocycles. The van der Waals surface area contributed by atoms with Gasteiger partial charge in [-0.15, -0.1) is 0 Å². The molecule has 0 aromatic rings. The van der Waals surface area contributed by atoms with Crippen molar-refractivity contribution in [1.29, 1.82) is 0 Å². The van der Waals surface area contributed by atoms with Crippen molar-refractivity contribution in [2.75, 3.05) is 26.4 Å². The largest absolute Gasteiger partial charge is 0.394 e. The molecule has 2 rings (SSSR count). The first-order chi connectivity index (χ1) is 6.37. The molecule has 0 spiro atoms. The summed E-state index contributed by atoms with van der Waals surface area (Å²) in [7, 11) is 0. The number of aliphatic hydroxyl groups is 1. The van der Waals surface area contributed by atoms with Crippen molar-refractivity contribution in [3.63, 3.8) is 0 Å². The van der Waals surface area contributed by atoms with Crippen LogP contribution < -0.4 is 5.32 Å². The third-order valence-corrected chi connectivity index (χ3v) is 3.47. The average Bonchev–Trinajstić information content (AvgIpc) is 2.28. The number of nitrogens with one attached hydrogen (secondary N) is 1. The van der Waals surface area contributed by atoms with Crippen LogP contribution in [0, 0.1) is 5.92 Å². The van der Waals surface area contributed by atoms with Gasteiger partial charge in [0.25, 0.3) is 0 Å². The van der Waals surface area contributed by atoms with Crippen LogP contribution in [0.2, 0.25) is 0 Å². The summed E-state index contributed by atoms with van der Waals surface area (Å²) in [5, 5.41) is 12.9. The molecule has 3 nitrogen and oxygen atoms in total. The van der Waals surface area contributed by atoms with Gasteiger partial charge in [0.2, 0.25) is 0 Å². The summed E-state index contributed by atoms with van der Waals surface area (Å²) in [6, 6.07) is 0. The van der Waals surface area contributed by atoms with Crippen LogP contribution in [0.25, 0.3) is 0 Å². The van der Waals surface area contributed by atoms with Gasteiger partial charge in [-0.2, -0.15) is 0 Å². The Morgan fingerprint density at radius 3 is 2.85 bits per heavy atom. The molecule has 1 aliphatic heterocycles. The minimum Gasteiger partial charge on any atom is -0.394 e. The Hall–Kier alpha value is -0.120. The van der Waals surface area contributed by atoms with Gasteiger partial charge >= 0.3 is 0 Å². The standard InChI is InChI=1S/C10H19NO2/c12-7-10(9-3-1-4-9)8-13-6-2-5-11-10/h9,11-12H,1-8H2. The summed E-state index contributed by atoms with van der Waals surface area (Å²) >= 11 is 0. The smallest absolute Gasteiger partial charge is 0.0679 e. The van der Waals surface area contributed by atoms with Gasteiger partial charge in [0, 0.05) is 6.61 Å². The molecule has 1 saturated carbocycles. The van der Waals surface area contributed by atoms with Crippen LogP contribution in [-0.2, 0) is 4.74 Å². The van der Waals surface area contributed by atoms with Gasteiger partial charge in [-0.05, 0) is 31.7 Å². The Bertz CT molecular complexity index is 160. The summed E-state index contributed by atoms with van der Waals surface area (Å²) in [5.74, 6) is 0.635. The Morgan fingerprint density at radius 1 is 1.38 bits per heavy atom. The van der Waals surface area contributed by atoms with E-state index in [4.69, 9.17) is 4.74 Å². The van der Waals surface area contributed by atoms with E-state index in [0.717, 1.165) is 19.6 Å². The van der Waals surface area contributed by atoms with E-state index in [9.17, 15) is 5.11 Å². The lowest BCUT2D eigenvalue weighted by molar-refractivity contribution is -0.00200. The van der Waals surface area contributed by atoms with Crippen molar-refractivity contribution in [2.45, 2.75) is 31.2 Å². The van der Waals surface area contributed by atoms with Crippen LogP contribution in [0.4, 0.5) is 0 Å². The fraction of sp³-hybridized carbons (Fsp3) is 1.00. The average molecular weight is 185 g/mol. The zero-order valence-electron chi connectivity index (χ0n) is 8.09. The first-order valence-electron chi connectivity index (χ1n) is 5.31. The minimum atomic E-state index is -0.116. The van der Waals surface area contributed by atoms with Crippen LogP contribution in [0.1, 0.15) is 25.7 Å². The summed E-state index contributed by atoms with van der Waals surface area (Å²) in [6.07, 6.45) is 4.87. The molecular weight excluding hydrogens is 166 g/mol. The second-order valence-corrected chi connectivity index (χ2v) is 4.27. The highest BCUT2D eigenvalue weighted by atomic mass is 16.5. The number of rotatable bonds is 2. The molecule has 76 valence electrons. The molecule has 1 saturated heterocycles. The maximum atomic E-state index is 9.46. The van der Waals surface area contributed by atoms with Gasteiger partial charge in [-0.3, -0.25) is 0 Å². The number of hydrogen-bond donors (Lipinski definition) is 2. The summed E-state index contributed by atoms with van der Waals surface area (Å²) < 4.78 is 5.54. The van der Waals surface area contributed by atoms with E-state index in [2.05, 4.69) is 5.32 Å². The highest BCUT2D eigenvalue weighted by Crippen LogP contribution is 2.36. The van der Waals surface area contributed by atoms with Gasteiger partial charge in [0.15, 0.2) is 0 Å². The number of ether oxygens (including phenoxy) is 1. The van der Waals surface area contributed by atoms with Gasteiger partial charge < -0.3 is 15.2 Å². The predicted molar refractivity (Wildman–Crippen MR) is 50.6 cm³/mol. The topological polar surface area (TPSA) is 41.5 Å². The van der Waals surface area contributed by atoms with Crippen molar-refractivity contribution in [3.8, 4) is 0 Å². The molecule has 0 bridgehead atoms. The molecule has 1 heterocycles. The Kier molecular flexibility index (Phi) is 2.86. The normalized spacial score (nSPS) is 36.7. The van der Waals surface area contributed by atoms with Crippen molar-refractivity contribution in [2.24, 2.45) is 5.92 Å². The fourth-order valence-corrected chi connectivity index (χ4v) is 2.27. The van der Waals surface area contributed by atoms with Crippen LogP contribution in [0.15, 0.2) is 0 Å². The Balaban J connectivity index is 2.01. The lowest BCUT2D eigenvalue weighted by Gasteiger charge is -2.43. The molecule has 1 aliphatic carbocycles. The molecule has 13 heavy (non-hydrogen) atoms. The zero-order valence-corrected chi connectivity index (χ0v) is 8.09. The third-order valence-electron chi connectivity index (χ3n) is 3.47. The van der Waals surface area contributed by atoms with E-state index in [0.29, 0.717) is 12.5 Å². The predicted octanol–water partition coefficient (Wildman–Crippen LogP) is 0.527.